The molecule has 1 aliphatic rings. The zero-order valence-corrected chi connectivity index (χ0v) is 11.0. The Morgan fingerprint density at radius 3 is 3.11 bits per heavy atom. The lowest BCUT2D eigenvalue weighted by Gasteiger charge is -2.11. The van der Waals surface area contributed by atoms with E-state index < -0.39 is 0 Å². The van der Waals surface area contributed by atoms with Gasteiger partial charge in [0.2, 0.25) is 5.91 Å². The van der Waals surface area contributed by atoms with Gasteiger partial charge < -0.3 is 5.11 Å². The number of hydrogen-bond acceptors (Lipinski definition) is 4. The maximum Gasteiger partial charge on any atom is 0.229 e. The number of fused-ring (bicyclic) bond motifs is 1. The number of aliphatic hydroxyl groups is 1. The van der Waals surface area contributed by atoms with Crippen molar-refractivity contribution in [3.8, 4) is 0 Å². The number of nitrogens with zero attached hydrogens (tertiary/aromatic N) is 2. The summed E-state index contributed by atoms with van der Waals surface area (Å²) in [5.74, 6) is 0.0484. The number of thiazole rings is 1. The molecule has 0 radical (unpaired) electrons. The van der Waals surface area contributed by atoms with Gasteiger partial charge in [-0.15, -0.1) is 0 Å². The van der Waals surface area contributed by atoms with Crippen LogP contribution in [0.1, 0.15) is 6.42 Å². The van der Waals surface area contributed by atoms with Gasteiger partial charge in [0.1, 0.15) is 0 Å². The van der Waals surface area contributed by atoms with Crippen LogP contribution in [0.3, 0.4) is 0 Å². The summed E-state index contributed by atoms with van der Waals surface area (Å²) in [7, 11) is 0. The predicted octanol–water partition coefficient (Wildman–Crippen LogP) is 2.29. The molecule has 1 fully saturated rings. The minimum Gasteiger partial charge on any atom is -0.396 e. The van der Waals surface area contributed by atoms with Crippen molar-refractivity contribution in [2.45, 2.75) is 6.42 Å². The van der Waals surface area contributed by atoms with Gasteiger partial charge in [0.05, 0.1) is 10.2 Å². The minimum absolute atomic E-state index is 0.0214. The summed E-state index contributed by atoms with van der Waals surface area (Å²) in [6.45, 7) is 0.585. The van der Waals surface area contributed by atoms with Gasteiger partial charge in [-0.2, -0.15) is 0 Å². The summed E-state index contributed by atoms with van der Waals surface area (Å²) >= 11 is 7.38. The van der Waals surface area contributed by atoms with Gasteiger partial charge in [0.25, 0.3) is 0 Å². The Balaban J connectivity index is 1.97. The fraction of sp³-hybridized carbons (Fsp3) is 0.333. The SMILES string of the molecule is O=C1CC(CO)CN1c1nc2ccc(Cl)cc2s1. The highest BCUT2D eigenvalue weighted by Crippen LogP contribution is 2.33. The van der Waals surface area contributed by atoms with Gasteiger partial charge in [-0.25, -0.2) is 4.98 Å². The molecule has 1 N–H and O–H groups in total. The van der Waals surface area contributed by atoms with E-state index in [2.05, 4.69) is 4.98 Å². The number of carbonyl (C=O) groups excluding carboxylic acids is 1. The van der Waals surface area contributed by atoms with Crippen molar-refractivity contribution < 1.29 is 9.90 Å². The van der Waals surface area contributed by atoms with Crippen LogP contribution in [0.4, 0.5) is 5.13 Å². The monoisotopic (exact) mass is 282 g/mol. The Morgan fingerprint density at radius 2 is 2.39 bits per heavy atom. The molecular formula is C12H11ClN2O2S. The summed E-state index contributed by atoms with van der Waals surface area (Å²) in [5.41, 5.74) is 0.847. The van der Waals surface area contributed by atoms with Gasteiger partial charge in [0, 0.05) is 30.5 Å². The Morgan fingerprint density at radius 1 is 1.56 bits per heavy atom. The van der Waals surface area contributed by atoms with E-state index in [1.165, 1.54) is 11.3 Å². The van der Waals surface area contributed by atoms with E-state index in [0.29, 0.717) is 23.1 Å². The molecule has 2 aromatic rings. The van der Waals surface area contributed by atoms with Crippen LogP contribution in [-0.2, 0) is 4.79 Å². The van der Waals surface area contributed by atoms with Gasteiger partial charge >= 0.3 is 0 Å². The van der Waals surface area contributed by atoms with Crippen LogP contribution < -0.4 is 4.90 Å². The smallest absolute Gasteiger partial charge is 0.229 e. The number of carbonyl (C=O) groups is 1. The number of benzene rings is 1. The van der Waals surface area contributed by atoms with Crippen molar-refractivity contribution in [2.75, 3.05) is 18.1 Å². The number of halogens is 1. The van der Waals surface area contributed by atoms with Crippen LogP contribution >= 0.6 is 22.9 Å². The summed E-state index contributed by atoms with van der Waals surface area (Å²) in [6, 6.07) is 5.49. The standard InChI is InChI=1S/C12H11ClN2O2S/c13-8-1-2-9-10(4-8)18-12(14-9)15-5-7(6-16)3-11(15)17/h1-2,4,7,16H,3,5-6H2. The largest absolute Gasteiger partial charge is 0.396 e. The van der Waals surface area contributed by atoms with Crippen molar-refractivity contribution in [1.82, 2.24) is 4.98 Å². The van der Waals surface area contributed by atoms with Crippen LogP contribution in [0, 0.1) is 5.92 Å². The molecule has 0 saturated carbocycles. The van der Waals surface area contributed by atoms with Crippen LogP contribution in [0.2, 0.25) is 5.02 Å². The molecule has 1 unspecified atom stereocenters. The molecule has 3 rings (SSSR count). The summed E-state index contributed by atoms with van der Waals surface area (Å²) in [4.78, 5) is 17.9. The third-order valence-electron chi connectivity index (χ3n) is 3.03. The van der Waals surface area contributed by atoms with Gasteiger partial charge in [-0.1, -0.05) is 22.9 Å². The van der Waals surface area contributed by atoms with Crippen LogP contribution in [0.5, 0.6) is 0 Å². The highest BCUT2D eigenvalue weighted by atomic mass is 35.5. The molecule has 6 heteroatoms. The Hall–Kier alpha value is -1.17. The van der Waals surface area contributed by atoms with Crippen LogP contribution in [-0.4, -0.2) is 29.1 Å². The summed E-state index contributed by atoms with van der Waals surface area (Å²) in [6.07, 6.45) is 0.396. The molecule has 1 aliphatic heterocycles. The normalized spacial score (nSPS) is 20.0. The maximum atomic E-state index is 11.8. The van der Waals surface area contributed by atoms with Crippen LogP contribution in [0.15, 0.2) is 18.2 Å². The molecule has 0 bridgehead atoms. The van der Waals surface area contributed by atoms with E-state index in [-0.39, 0.29) is 18.4 Å². The first-order chi connectivity index (χ1) is 8.67. The van der Waals surface area contributed by atoms with Gasteiger partial charge in [0.15, 0.2) is 5.13 Å². The third-order valence-corrected chi connectivity index (χ3v) is 4.31. The van der Waals surface area contributed by atoms with E-state index in [0.717, 1.165) is 10.2 Å². The molecule has 18 heavy (non-hydrogen) atoms. The quantitative estimate of drug-likeness (QED) is 0.919. The number of amides is 1. The molecule has 1 amide bonds. The zero-order valence-electron chi connectivity index (χ0n) is 9.47. The number of aliphatic hydroxyl groups excluding tert-OH is 1. The third kappa shape index (κ3) is 1.98. The van der Waals surface area contributed by atoms with Crippen molar-refractivity contribution in [1.29, 1.82) is 0 Å². The van der Waals surface area contributed by atoms with Crippen LogP contribution in [0.25, 0.3) is 10.2 Å². The second kappa shape index (κ2) is 4.50. The molecule has 4 nitrogen and oxygen atoms in total. The Kier molecular flexibility index (Phi) is 2.97. The number of hydrogen-bond donors (Lipinski definition) is 1. The lowest BCUT2D eigenvalue weighted by Crippen LogP contribution is -2.24. The summed E-state index contributed by atoms with van der Waals surface area (Å²) in [5, 5.41) is 10.5. The van der Waals surface area contributed by atoms with Gasteiger partial charge in [-0.05, 0) is 18.2 Å². The predicted molar refractivity (Wildman–Crippen MR) is 72.2 cm³/mol. The molecule has 0 spiro atoms. The molecule has 94 valence electrons. The molecule has 1 atom stereocenters. The average Bonchev–Trinajstić information content (AvgIpc) is 2.91. The molecule has 2 heterocycles. The first kappa shape index (κ1) is 11.9. The second-order valence-electron chi connectivity index (χ2n) is 4.37. The molecule has 1 aromatic carbocycles. The van der Waals surface area contributed by atoms with Crippen molar-refractivity contribution >= 4 is 44.2 Å². The lowest BCUT2D eigenvalue weighted by molar-refractivity contribution is -0.117. The molecule has 1 saturated heterocycles. The van der Waals surface area contributed by atoms with Gasteiger partial charge in [-0.3, -0.25) is 9.69 Å². The van der Waals surface area contributed by atoms with E-state index in [9.17, 15) is 4.79 Å². The second-order valence-corrected chi connectivity index (χ2v) is 5.81. The lowest BCUT2D eigenvalue weighted by atomic mass is 10.1. The average molecular weight is 283 g/mol. The van der Waals surface area contributed by atoms with E-state index in [1.54, 1.807) is 11.0 Å². The molecule has 1 aromatic heterocycles. The van der Waals surface area contributed by atoms with E-state index >= 15 is 0 Å². The molecule has 0 aliphatic carbocycles. The van der Waals surface area contributed by atoms with Crippen molar-refractivity contribution in [2.24, 2.45) is 5.92 Å². The first-order valence-electron chi connectivity index (χ1n) is 5.64. The fourth-order valence-corrected chi connectivity index (χ4v) is 3.36. The highest BCUT2D eigenvalue weighted by Gasteiger charge is 2.31. The van der Waals surface area contributed by atoms with Crippen molar-refractivity contribution in [3.63, 3.8) is 0 Å². The van der Waals surface area contributed by atoms with Crippen molar-refractivity contribution in [3.05, 3.63) is 23.2 Å². The summed E-state index contributed by atoms with van der Waals surface area (Å²) < 4.78 is 0.970. The fourth-order valence-electron chi connectivity index (χ4n) is 2.09. The minimum atomic E-state index is 0.0214. The number of rotatable bonds is 2. The van der Waals surface area contributed by atoms with E-state index in [4.69, 9.17) is 16.7 Å². The number of anilines is 1. The number of aromatic nitrogens is 1. The topological polar surface area (TPSA) is 53.4 Å². The Bertz CT molecular complexity index is 613. The highest BCUT2D eigenvalue weighted by molar-refractivity contribution is 7.22. The molecular weight excluding hydrogens is 272 g/mol. The zero-order chi connectivity index (χ0) is 12.7. The first-order valence-corrected chi connectivity index (χ1v) is 6.84. The maximum absolute atomic E-state index is 11.8. The van der Waals surface area contributed by atoms with E-state index in [1.807, 2.05) is 12.1 Å². The Labute approximate surface area is 113 Å².